The quantitative estimate of drug-likeness (QED) is 0.342. The number of aromatic nitrogens is 1. The number of carbonyl (C=O) groups excluding carboxylic acids is 1. The summed E-state index contributed by atoms with van der Waals surface area (Å²) in [5.41, 5.74) is 2.88. The highest BCUT2D eigenvalue weighted by molar-refractivity contribution is 6.33. The first-order valence-electron chi connectivity index (χ1n) is 11.8. The second-order valence-corrected chi connectivity index (χ2v) is 9.04. The fraction of sp³-hybridized carbons (Fsp3) is 0.296. The largest absolute Gasteiger partial charge is 0.494 e. The molecule has 1 unspecified atom stereocenters. The van der Waals surface area contributed by atoms with Crippen molar-refractivity contribution in [2.24, 2.45) is 0 Å². The average molecular weight is 512 g/mol. The van der Waals surface area contributed by atoms with Gasteiger partial charge < -0.3 is 20.5 Å². The number of anilines is 1. The summed E-state index contributed by atoms with van der Waals surface area (Å²) in [5, 5.41) is 15.4. The highest BCUT2D eigenvalue weighted by Gasteiger charge is 2.22. The van der Waals surface area contributed by atoms with Crippen LogP contribution in [0.15, 0.2) is 54.6 Å². The number of aliphatic carboxylic acids is 1. The third kappa shape index (κ3) is 6.73. The van der Waals surface area contributed by atoms with Gasteiger partial charge in [0.2, 0.25) is 0 Å². The molecule has 0 bridgehead atoms. The van der Waals surface area contributed by atoms with E-state index in [2.05, 4.69) is 27.8 Å². The number of fused-ring (bicyclic) bond motifs is 1. The molecule has 0 saturated carbocycles. The Morgan fingerprint density at radius 2 is 1.97 bits per heavy atom. The summed E-state index contributed by atoms with van der Waals surface area (Å²) in [6, 6.07) is 13.4. The number of ether oxygens (including phenoxy) is 1. The Kier molecular flexibility index (Phi) is 8.38. The van der Waals surface area contributed by atoms with E-state index in [0.29, 0.717) is 17.9 Å². The number of carbonyl (C=O) groups is 2. The molecule has 9 heteroatoms. The highest BCUT2D eigenvalue weighted by Crippen LogP contribution is 2.21. The molecule has 0 fully saturated rings. The van der Waals surface area contributed by atoms with Crippen molar-refractivity contribution in [1.82, 2.24) is 10.3 Å². The number of carboxylic acids is 1. The fourth-order valence-corrected chi connectivity index (χ4v) is 4.22. The van der Waals surface area contributed by atoms with E-state index in [0.717, 1.165) is 55.9 Å². The first-order chi connectivity index (χ1) is 17.4. The molecule has 1 aliphatic heterocycles. The number of nitrogens with one attached hydrogen (secondary N) is 2. The molecule has 0 spiro atoms. The average Bonchev–Trinajstić information content (AvgIpc) is 2.88. The van der Waals surface area contributed by atoms with Gasteiger partial charge in [-0.3, -0.25) is 4.79 Å². The molecular formula is C27H27ClFN3O4. The van der Waals surface area contributed by atoms with Crippen molar-refractivity contribution >= 4 is 29.3 Å². The molecule has 1 amide bonds. The van der Waals surface area contributed by atoms with E-state index in [4.69, 9.17) is 16.3 Å². The van der Waals surface area contributed by atoms with E-state index in [-0.39, 0.29) is 17.0 Å². The highest BCUT2D eigenvalue weighted by atomic mass is 35.5. The lowest BCUT2D eigenvalue weighted by Crippen LogP contribution is -2.42. The molecule has 3 N–H and O–H groups in total. The minimum absolute atomic E-state index is 0.0404. The van der Waals surface area contributed by atoms with E-state index in [1.165, 1.54) is 11.6 Å². The number of halogens is 2. The summed E-state index contributed by atoms with van der Waals surface area (Å²) in [5.74, 6) is -0.937. The molecule has 4 rings (SSSR count). The van der Waals surface area contributed by atoms with Gasteiger partial charge in [0.25, 0.3) is 5.91 Å². The van der Waals surface area contributed by atoms with Crippen molar-refractivity contribution in [3.63, 3.8) is 0 Å². The number of rotatable bonds is 10. The van der Waals surface area contributed by atoms with Gasteiger partial charge in [0.1, 0.15) is 23.4 Å². The number of hydrogen-bond donors (Lipinski definition) is 3. The van der Waals surface area contributed by atoms with Gasteiger partial charge >= 0.3 is 5.97 Å². The Balaban J connectivity index is 1.26. The van der Waals surface area contributed by atoms with E-state index in [1.807, 2.05) is 0 Å². The Hall–Kier alpha value is -3.65. The molecule has 0 aliphatic carbocycles. The lowest BCUT2D eigenvalue weighted by atomic mass is 10.1. The lowest BCUT2D eigenvalue weighted by Gasteiger charge is -2.17. The molecule has 188 valence electrons. The molecule has 2 aromatic carbocycles. The number of aryl methyl sites for hydroxylation is 2. The van der Waals surface area contributed by atoms with Crippen molar-refractivity contribution in [3.8, 4) is 5.75 Å². The van der Waals surface area contributed by atoms with Gasteiger partial charge in [-0.1, -0.05) is 29.8 Å². The third-order valence-corrected chi connectivity index (χ3v) is 6.27. The maximum atomic E-state index is 13.5. The zero-order chi connectivity index (χ0) is 25.5. The smallest absolute Gasteiger partial charge is 0.326 e. The Labute approximate surface area is 213 Å². The Morgan fingerprint density at radius 1 is 1.17 bits per heavy atom. The van der Waals surface area contributed by atoms with Crippen molar-refractivity contribution in [2.45, 2.75) is 38.1 Å². The first kappa shape index (κ1) is 25.4. The van der Waals surface area contributed by atoms with Crippen LogP contribution < -0.4 is 15.4 Å². The molecular weight excluding hydrogens is 485 g/mol. The monoisotopic (exact) mass is 511 g/mol. The summed E-state index contributed by atoms with van der Waals surface area (Å²) in [4.78, 5) is 28.8. The third-order valence-electron chi connectivity index (χ3n) is 5.94. The standard InChI is InChI=1S/C27H27ClFN3O4/c28-23-12-8-19(29)16-22(23)26(33)32-24(27(34)35)15-17-5-10-21(11-6-17)36-14-2-4-20-9-7-18-3-1-13-30-25(18)31-20/h5-12,16,24H,1-4,13-15H2,(H,30,31)(H,32,33)(H,34,35). The molecule has 0 saturated heterocycles. The van der Waals surface area contributed by atoms with Crippen LogP contribution in [0, 0.1) is 5.82 Å². The van der Waals surface area contributed by atoms with E-state index >= 15 is 0 Å². The van der Waals surface area contributed by atoms with Crippen LogP contribution in [0.2, 0.25) is 5.02 Å². The number of pyridine rings is 1. The number of nitrogens with zero attached hydrogens (tertiary/aromatic N) is 1. The summed E-state index contributed by atoms with van der Waals surface area (Å²) in [6.45, 7) is 1.48. The van der Waals surface area contributed by atoms with Gasteiger partial charge in [-0.25, -0.2) is 14.2 Å². The van der Waals surface area contributed by atoms with Gasteiger partial charge in [-0.15, -0.1) is 0 Å². The molecule has 1 aliphatic rings. The van der Waals surface area contributed by atoms with E-state index in [9.17, 15) is 19.1 Å². The molecule has 36 heavy (non-hydrogen) atoms. The minimum atomic E-state index is -1.21. The predicted octanol–water partition coefficient (Wildman–Crippen LogP) is 4.67. The Bertz CT molecular complexity index is 1240. The normalized spacial score (nSPS) is 13.3. The van der Waals surface area contributed by atoms with Gasteiger partial charge in [0.15, 0.2) is 0 Å². The number of carboxylic acid groups (broad SMARTS) is 1. The molecule has 2 heterocycles. The maximum Gasteiger partial charge on any atom is 0.326 e. The van der Waals surface area contributed by atoms with Crippen LogP contribution in [0.25, 0.3) is 0 Å². The van der Waals surface area contributed by atoms with E-state index < -0.39 is 23.7 Å². The second-order valence-electron chi connectivity index (χ2n) is 8.63. The lowest BCUT2D eigenvalue weighted by molar-refractivity contribution is -0.139. The fourth-order valence-electron chi connectivity index (χ4n) is 4.02. The van der Waals surface area contributed by atoms with Crippen LogP contribution in [-0.2, 0) is 24.1 Å². The van der Waals surface area contributed by atoms with Crippen molar-refractivity contribution < 1.29 is 23.8 Å². The molecule has 7 nitrogen and oxygen atoms in total. The minimum Gasteiger partial charge on any atom is -0.494 e. The van der Waals surface area contributed by atoms with Gasteiger partial charge in [0.05, 0.1) is 17.2 Å². The second kappa shape index (κ2) is 11.9. The summed E-state index contributed by atoms with van der Waals surface area (Å²) < 4.78 is 19.3. The topological polar surface area (TPSA) is 101 Å². The zero-order valence-corrected chi connectivity index (χ0v) is 20.4. The van der Waals surface area contributed by atoms with Crippen LogP contribution in [0.3, 0.4) is 0 Å². The summed E-state index contributed by atoms with van der Waals surface area (Å²) in [6.07, 6.45) is 3.86. The van der Waals surface area contributed by atoms with Crippen LogP contribution >= 0.6 is 11.6 Å². The Morgan fingerprint density at radius 3 is 2.75 bits per heavy atom. The van der Waals surface area contributed by atoms with Gasteiger partial charge in [-0.2, -0.15) is 0 Å². The van der Waals surface area contributed by atoms with Crippen LogP contribution in [0.5, 0.6) is 5.75 Å². The van der Waals surface area contributed by atoms with Crippen LogP contribution in [-0.4, -0.2) is 41.2 Å². The van der Waals surface area contributed by atoms with Crippen molar-refractivity contribution in [2.75, 3.05) is 18.5 Å². The first-order valence-corrected chi connectivity index (χ1v) is 12.2. The van der Waals surface area contributed by atoms with E-state index in [1.54, 1.807) is 24.3 Å². The summed E-state index contributed by atoms with van der Waals surface area (Å²) >= 11 is 5.95. The molecule has 1 atom stereocenters. The van der Waals surface area contributed by atoms with Gasteiger partial charge in [-0.05, 0) is 73.2 Å². The van der Waals surface area contributed by atoms with Crippen molar-refractivity contribution in [1.29, 1.82) is 0 Å². The van der Waals surface area contributed by atoms with Crippen molar-refractivity contribution in [3.05, 3.63) is 87.8 Å². The maximum absolute atomic E-state index is 13.5. The zero-order valence-electron chi connectivity index (χ0n) is 19.6. The number of hydrogen-bond acceptors (Lipinski definition) is 5. The number of benzene rings is 2. The van der Waals surface area contributed by atoms with Crippen LogP contribution in [0.4, 0.5) is 10.2 Å². The molecule has 0 radical (unpaired) electrons. The summed E-state index contributed by atoms with van der Waals surface area (Å²) in [7, 11) is 0. The SMILES string of the molecule is O=C(NC(Cc1ccc(OCCCc2ccc3c(n2)NCCC3)cc1)C(=O)O)c1cc(F)ccc1Cl. The number of amides is 1. The molecule has 3 aromatic rings. The predicted molar refractivity (Wildman–Crippen MR) is 135 cm³/mol. The van der Waals surface area contributed by atoms with Gasteiger partial charge in [0, 0.05) is 18.7 Å². The van der Waals surface area contributed by atoms with Crippen LogP contribution in [0.1, 0.15) is 40.0 Å². The molecule has 1 aromatic heterocycles.